The second-order valence-electron chi connectivity index (χ2n) is 5.60. The van der Waals surface area contributed by atoms with Crippen LogP contribution in [0.5, 0.6) is 0 Å². The van der Waals surface area contributed by atoms with E-state index in [1.807, 2.05) is 18.2 Å². The van der Waals surface area contributed by atoms with E-state index in [4.69, 9.17) is 16.7 Å². The molecule has 0 spiro atoms. The quantitative estimate of drug-likeness (QED) is 0.807. The number of rotatable bonds is 5. The van der Waals surface area contributed by atoms with Crippen LogP contribution in [0.15, 0.2) is 24.3 Å². The Morgan fingerprint density at radius 3 is 2.73 bits per heavy atom. The molecule has 3 unspecified atom stereocenters. The van der Waals surface area contributed by atoms with Crippen molar-refractivity contribution < 1.29 is 19.5 Å². The average molecular weight is 323 g/mol. The van der Waals surface area contributed by atoms with Crippen molar-refractivity contribution in [1.29, 1.82) is 0 Å². The summed E-state index contributed by atoms with van der Waals surface area (Å²) in [5.41, 5.74) is 0.904. The molecule has 0 aromatic heterocycles. The molecular weight excluding hydrogens is 308 g/mol. The van der Waals surface area contributed by atoms with Gasteiger partial charge in [0.05, 0.1) is 5.92 Å². The first-order valence-electron chi connectivity index (χ1n) is 7.08. The topological polar surface area (TPSA) is 86.7 Å². The second-order valence-corrected chi connectivity index (χ2v) is 6.00. The van der Waals surface area contributed by atoms with Gasteiger partial charge in [0.1, 0.15) is 6.04 Å². The summed E-state index contributed by atoms with van der Waals surface area (Å²) in [5.74, 6) is -1.87. The Morgan fingerprint density at radius 1 is 1.36 bits per heavy atom. The van der Waals surface area contributed by atoms with Crippen LogP contribution in [0.2, 0.25) is 5.02 Å². The van der Waals surface area contributed by atoms with E-state index >= 15 is 0 Å². The van der Waals surface area contributed by atoms with E-state index in [0.717, 1.165) is 5.56 Å². The van der Waals surface area contributed by atoms with Gasteiger partial charge in [0.2, 0.25) is 0 Å². The lowest BCUT2D eigenvalue weighted by Gasteiger charge is -2.21. The summed E-state index contributed by atoms with van der Waals surface area (Å²) in [7, 11) is 0. The molecule has 3 rings (SSSR count). The van der Waals surface area contributed by atoms with Crippen molar-refractivity contribution in [1.82, 2.24) is 10.2 Å². The third-order valence-corrected chi connectivity index (χ3v) is 4.55. The molecule has 1 heterocycles. The van der Waals surface area contributed by atoms with Crippen molar-refractivity contribution in [2.24, 2.45) is 5.92 Å². The van der Waals surface area contributed by atoms with Gasteiger partial charge in [-0.15, -0.1) is 0 Å². The van der Waals surface area contributed by atoms with E-state index in [2.05, 4.69) is 5.32 Å². The summed E-state index contributed by atoms with van der Waals surface area (Å²) in [6.07, 6.45) is 1.37. The number of urea groups is 1. The largest absolute Gasteiger partial charge is 0.481 e. The maximum Gasteiger partial charge on any atom is 0.325 e. The van der Waals surface area contributed by atoms with Crippen molar-refractivity contribution in [3.05, 3.63) is 34.9 Å². The third kappa shape index (κ3) is 2.66. The number of carbonyl (C=O) groups is 3. The molecule has 3 atom stereocenters. The van der Waals surface area contributed by atoms with Gasteiger partial charge in [0, 0.05) is 11.1 Å². The number of carboxylic acids is 1. The predicted octanol–water partition coefficient (Wildman–Crippen LogP) is 1.67. The smallest absolute Gasteiger partial charge is 0.325 e. The summed E-state index contributed by atoms with van der Waals surface area (Å²) in [4.78, 5) is 36.2. The van der Waals surface area contributed by atoms with Crippen LogP contribution in [0.3, 0.4) is 0 Å². The van der Waals surface area contributed by atoms with E-state index in [9.17, 15) is 14.4 Å². The highest BCUT2D eigenvalue weighted by Gasteiger charge is 2.54. The molecule has 1 aliphatic carbocycles. The highest BCUT2D eigenvalue weighted by Crippen LogP contribution is 2.39. The Labute approximate surface area is 132 Å². The van der Waals surface area contributed by atoms with Gasteiger partial charge >= 0.3 is 12.0 Å². The third-order valence-electron chi connectivity index (χ3n) is 4.18. The Balaban J connectivity index is 1.71. The number of benzene rings is 1. The molecule has 1 saturated carbocycles. The fraction of sp³-hybridized carbons (Fsp3) is 0.400. The fourth-order valence-electron chi connectivity index (χ4n) is 2.92. The molecule has 1 saturated heterocycles. The van der Waals surface area contributed by atoms with Crippen molar-refractivity contribution in [3.8, 4) is 0 Å². The minimum absolute atomic E-state index is 0.368. The highest BCUT2D eigenvalue weighted by molar-refractivity contribution is 6.31. The minimum Gasteiger partial charge on any atom is -0.481 e. The number of hydrogen-bond acceptors (Lipinski definition) is 3. The zero-order chi connectivity index (χ0) is 15.9. The monoisotopic (exact) mass is 322 g/mol. The first-order chi connectivity index (χ1) is 10.5. The number of carbonyl (C=O) groups excluding carboxylic acids is 2. The number of hydrogen-bond donors (Lipinski definition) is 2. The minimum atomic E-state index is -0.929. The van der Waals surface area contributed by atoms with Crippen LogP contribution in [0.4, 0.5) is 4.79 Å². The van der Waals surface area contributed by atoms with E-state index in [1.54, 1.807) is 6.07 Å². The number of nitrogens with one attached hydrogen (secondary N) is 1. The normalized spacial score (nSPS) is 27.0. The van der Waals surface area contributed by atoms with E-state index in [0.29, 0.717) is 24.3 Å². The maximum absolute atomic E-state index is 12.0. The molecule has 0 bridgehead atoms. The number of halogens is 1. The van der Waals surface area contributed by atoms with Gasteiger partial charge in [-0.05, 0) is 30.9 Å². The van der Waals surface area contributed by atoms with Crippen molar-refractivity contribution in [3.63, 3.8) is 0 Å². The number of nitrogens with zero attached hydrogens (tertiary/aromatic N) is 1. The summed E-state index contributed by atoms with van der Waals surface area (Å²) in [6, 6.07) is 5.82. The number of imide groups is 1. The molecule has 0 radical (unpaired) electrons. The number of aliphatic carboxylic acids is 1. The van der Waals surface area contributed by atoms with Crippen LogP contribution in [0.25, 0.3) is 0 Å². The second kappa shape index (κ2) is 5.61. The van der Waals surface area contributed by atoms with Gasteiger partial charge in [-0.2, -0.15) is 0 Å². The SMILES string of the molecule is O=C(O)C1CC1N1C(=O)NC(=O)C1CCc1ccccc1Cl. The summed E-state index contributed by atoms with van der Waals surface area (Å²) < 4.78 is 0. The van der Waals surface area contributed by atoms with Crippen molar-refractivity contribution in [2.45, 2.75) is 31.3 Å². The molecule has 1 aromatic rings. The van der Waals surface area contributed by atoms with Crippen molar-refractivity contribution >= 4 is 29.5 Å². The van der Waals surface area contributed by atoms with Gasteiger partial charge in [-0.1, -0.05) is 29.8 Å². The first-order valence-corrected chi connectivity index (χ1v) is 7.46. The molecule has 22 heavy (non-hydrogen) atoms. The maximum atomic E-state index is 12.0. The number of amides is 3. The molecule has 1 aromatic carbocycles. The van der Waals surface area contributed by atoms with Gasteiger partial charge < -0.3 is 10.0 Å². The fourth-order valence-corrected chi connectivity index (χ4v) is 3.15. The zero-order valence-electron chi connectivity index (χ0n) is 11.7. The molecule has 2 aliphatic rings. The van der Waals surface area contributed by atoms with Crippen LogP contribution < -0.4 is 5.32 Å². The van der Waals surface area contributed by atoms with Gasteiger partial charge in [-0.25, -0.2) is 4.79 Å². The van der Waals surface area contributed by atoms with Gasteiger partial charge in [0.25, 0.3) is 5.91 Å². The summed E-state index contributed by atoms with van der Waals surface area (Å²) in [5, 5.41) is 11.9. The lowest BCUT2D eigenvalue weighted by atomic mass is 10.0. The predicted molar refractivity (Wildman–Crippen MR) is 78.5 cm³/mol. The summed E-state index contributed by atoms with van der Waals surface area (Å²) >= 11 is 6.09. The van der Waals surface area contributed by atoms with Crippen LogP contribution in [0, 0.1) is 5.92 Å². The average Bonchev–Trinajstić information content (AvgIpc) is 3.19. The Kier molecular flexibility index (Phi) is 3.78. The molecule has 2 fully saturated rings. The Bertz CT molecular complexity index is 648. The molecular formula is C15H15ClN2O4. The number of carboxylic acid groups (broad SMARTS) is 1. The molecule has 1 aliphatic heterocycles. The van der Waals surface area contributed by atoms with Gasteiger partial charge in [0.15, 0.2) is 0 Å². The molecule has 116 valence electrons. The Morgan fingerprint density at radius 2 is 2.09 bits per heavy atom. The van der Waals surface area contributed by atoms with E-state index in [1.165, 1.54) is 4.90 Å². The Hall–Kier alpha value is -2.08. The highest BCUT2D eigenvalue weighted by atomic mass is 35.5. The van der Waals surface area contributed by atoms with Crippen LogP contribution in [-0.4, -0.2) is 40.0 Å². The van der Waals surface area contributed by atoms with Crippen molar-refractivity contribution in [2.75, 3.05) is 0 Å². The first kappa shape index (κ1) is 14.8. The number of aryl methyl sites for hydroxylation is 1. The van der Waals surface area contributed by atoms with E-state index in [-0.39, 0.29) is 11.9 Å². The molecule has 2 N–H and O–H groups in total. The van der Waals surface area contributed by atoms with Crippen LogP contribution >= 0.6 is 11.6 Å². The van der Waals surface area contributed by atoms with Crippen LogP contribution in [-0.2, 0) is 16.0 Å². The lowest BCUT2D eigenvalue weighted by Crippen LogP contribution is -2.38. The van der Waals surface area contributed by atoms with Crippen LogP contribution in [0.1, 0.15) is 18.4 Å². The standard InChI is InChI=1S/C15H15ClN2O4/c16-10-4-2-1-3-8(10)5-6-11-13(19)17-15(22)18(11)12-7-9(12)14(20)21/h1-4,9,11-12H,5-7H2,(H,20,21)(H,17,19,22). The van der Waals surface area contributed by atoms with Gasteiger partial charge in [-0.3, -0.25) is 14.9 Å². The zero-order valence-corrected chi connectivity index (χ0v) is 12.4. The molecule has 3 amide bonds. The van der Waals surface area contributed by atoms with E-state index < -0.39 is 24.0 Å². The molecule has 7 heteroatoms. The molecule has 6 nitrogen and oxygen atoms in total. The lowest BCUT2D eigenvalue weighted by molar-refractivity contribution is -0.139. The summed E-state index contributed by atoms with van der Waals surface area (Å²) in [6.45, 7) is 0.